The van der Waals surface area contributed by atoms with Crippen LogP contribution in [0.25, 0.3) is 10.8 Å². The molecule has 0 aromatic heterocycles. The summed E-state index contributed by atoms with van der Waals surface area (Å²) in [7, 11) is 0. The van der Waals surface area contributed by atoms with Crippen molar-refractivity contribution in [2.24, 2.45) is 5.90 Å². The van der Waals surface area contributed by atoms with Gasteiger partial charge in [0, 0.05) is 10.9 Å². The lowest BCUT2D eigenvalue weighted by Gasteiger charge is -2.32. The zero-order valence-electron chi connectivity index (χ0n) is 17.5. The van der Waals surface area contributed by atoms with Crippen molar-refractivity contribution in [1.82, 2.24) is 4.90 Å². The Balaban J connectivity index is 1.70. The molecule has 2 aliphatic heterocycles. The van der Waals surface area contributed by atoms with E-state index in [1.165, 1.54) is 10.5 Å². The van der Waals surface area contributed by atoms with E-state index in [-0.39, 0.29) is 12.5 Å². The Morgan fingerprint density at radius 1 is 1.23 bits per heavy atom. The van der Waals surface area contributed by atoms with Crippen LogP contribution < -0.4 is 10.8 Å². The van der Waals surface area contributed by atoms with Gasteiger partial charge >= 0.3 is 11.9 Å². The number of rotatable bonds is 7. The van der Waals surface area contributed by atoms with Crippen molar-refractivity contribution in [2.45, 2.75) is 44.6 Å². The Hall–Kier alpha value is -2.97. The first kappa shape index (κ1) is 21.3. The highest BCUT2D eigenvalue weighted by Crippen LogP contribution is 2.43. The Kier molecular flexibility index (Phi) is 5.93. The second kappa shape index (κ2) is 8.64. The first-order chi connectivity index (χ1) is 15.0. The Morgan fingerprint density at radius 3 is 2.61 bits per heavy atom. The summed E-state index contributed by atoms with van der Waals surface area (Å²) in [4.78, 5) is 44.6. The van der Waals surface area contributed by atoms with Crippen molar-refractivity contribution in [3.8, 4) is 0 Å². The fourth-order valence-electron chi connectivity index (χ4n) is 4.99. The molecular weight excluding hydrogens is 398 g/mol. The Bertz CT molecular complexity index is 1030. The average molecular weight is 425 g/mol. The van der Waals surface area contributed by atoms with E-state index < -0.39 is 18.0 Å². The minimum absolute atomic E-state index is 0.0656. The molecule has 2 heterocycles. The summed E-state index contributed by atoms with van der Waals surface area (Å²) in [6, 6.07) is 8.90. The normalized spacial score (nSPS) is 17.9. The maximum atomic E-state index is 13.3. The van der Waals surface area contributed by atoms with E-state index in [9.17, 15) is 14.4 Å². The molecule has 2 aliphatic rings. The van der Waals surface area contributed by atoms with Gasteiger partial charge in [0.2, 0.25) is 0 Å². The molecular formula is C23H27N3O5. The van der Waals surface area contributed by atoms with Crippen LogP contribution in [0.4, 0.5) is 5.69 Å². The van der Waals surface area contributed by atoms with Crippen LogP contribution >= 0.6 is 0 Å². The van der Waals surface area contributed by atoms with Crippen LogP contribution in [0.2, 0.25) is 0 Å². The number of nitrogens with zero attached hydrogens (tertiary/aromatic N) is 2. The monoisotopic (exact) mass is 425 g/mol. The van der Waals surface area contributed by atoms with E-state index in [1.54, 1.807) is 6.07 Å². The molecule has 31 heavy (non-hydrogen) atoms. The van der Waals surface area contributed by atoms with Gasteiger partial charge in [-0.3, -0.25) is 19.4 Å². The predicted octanol–water partition coefficient (Wildman–Crippen LogP) is 2.65. The number of hydrogen-bond donors (Lipinski definition) is 2. The first-order valence-corrected chi connectivity index (χ1v) is 10.7. The number of amides is 1. The predicted molar refractivity (Wildman–Crippen MR) is 116 cm³/mol. The fraction of sp³-hybridized carbons (Fsp3) is 0.435. The summed E-state index contributed by atoms with van der Waals surface area (Å²) in [6.45, 7) is 3.47. The van der Waals surface area contributed by atoms with Gasteiger partial charge in [-0.1, -0.05) is 31.5 Å². The number of nitrogens with two attached hydrogens (primary N) is 1. The Labute approximate surface area is 180 Å². The average Bonchev–Trinajstić information content (AvgIpc) is 3.05. The van der Waals surface area contributed by atoms with E-state index >= 15 is 0 Å². The van der Waals surface area contributed by atoms with Gasteiger partial charge in [0.05, 0.1) is 12.2 Å². The van der Waals surface area contributed by atoms with Crippen molar-refractivity contribution in [2.75, 3.05) is 24.5 Å². The standard InChI is InChI=1S/C23H27N3O5/c1-2-4-19(23(30)31-24)26-18-8-7-15(14-9-11-25(12-10-14)13-20(27)28)16-5-3-6-17(21(16)18)22(26)29/h3,5-8,14,19H,2,4,9-13,24H2,1H3,(H,27,28). The molecule has 8 nitrogen and oxygen atoms in total. The molecule has 0 aliphatic carbocycles. The van der Waals surface area contributed by atoms with Crippen LogP contribution in [-0.4, -0.2) is 53.5 Å². The van der Waals surface area contributed by atoms with Gasteiger partial charge in [0.25, 0.3) is 5.91 Å². The van der Waals surface area contributed by atoms with Crippen molar-refractivity contribution in [3.05, 3.63) is 41.5 Å². The summed E-state index contributed by atoms with van der Waals surface area (Å²) in [6.07, 6.45) is 2.89. The topological polar surface area (TPSA) is 113 Å². The summed E-state index contributed by atoms with van der Waals surface area (Å²) in [5.41, 5.74) is 2.47. The molecule has 1 unspecified atom stereocenters. The molecule has 1 amide bonds. The highest BCUT2D eigenvalue weighted by Gasteiger charge is 2.39. The summed E-state index contributed by atoms with van der Waals surface area (Å²) >= 11 is 0. The largest absolute Gasteiger partial charge is 0.480 e. The molecule has 2 aromatic carbocycles. The summed E-state index contributed by atoms with van der Waals surface area (Å²) < 4.78 is 0. The van der Waals surface area contributed by atoms with Gasteiger partial charge in [0.1, 0.15) is 6.04 Å². The van der Waals surface area contributed by atoms with Crippen LogP contribution in [0.3, 0.4) is 0 Å². The van der Waals surface area contributed by atoms with Crippen molar-refractivity contribution in [1.29, 1.82) is 0 Å². The SMILES string of the molecule is CCCC(C(=O)ON)N1C(=O)c2cccc3c(C4CCN(CC(=O)O)CC4)ccc1c23. The molecule has 1 atom stereocenters. The zero-order valence-corrected chi connectivity index (χ0v) is 17.5. The quantitative estimate of drug-likeness (QED) is 0.656. The molecule has 1 fully saturated rings. The van der Waals surface area contributed by atoms with Gasteiger partial charge in [-0.2, -0.15) is 5.90 Å². The molecule has 4 rings (SSSR count). The highest BCUT2D eigenvalue weighted by molar-refractivity contribution is 6.26. The number of piperidine rings is 1. The molecule has 0 saturated carbocycles. The van der Waals surface area contributed by atoms with Gasteiger partial charge in [0.15, 0.2) is 0 Å². The third kappa shape index (κ3) is 3.77. The van der Waals surface area contributed by atoms with E-state index in [0.29, 0.717) is 30.0 Å². The van der Waals surface area contributed by atoms with Gasteiger partial charge < -0.3 is 9.94 Å². The number of hydrogen-bond acceptors (Lipinski definition) is 6. The molecule has 0 radical (unpaired) electrons. The third-order valence-corrected chi connectivity index (χ3v) is 6.41. The maximum absolute atomic E-state index is 13.3. The minimum atomic E-state index is -0.806. The van der Waals surface area contributed by atoms with Crippen LogP contribution in [0.15, 0.2) is 30.3 Å². The minimum Gasteiger partial charge on any atom is -0.480 e. The second-order valence-electron chi connectivity index (χ2n) is 8.26. The number of carboxylic acids is 1. The molecule has 164 valence electrons. The molecule has 3 N–H and O–H groups in total. The second-order valence-corrected chi connectivity index (χ2v) is 8.26. The molecule has 1 saturated heterocycles. The van der Waals surface area contributed by atoms with E-state index in [0.717, 1.165) is 36.7 Å². The lowest BCUT2D eigenvalue weighted by Crippen LogP contribution is -2.45. The third-order valence-electron chi connectivity index (χ3n) is 6.41. The van der Waals surface area contributed by atoms with Crippen LogP contribution in [0.5, 0.6) is 0 Å². The molecule has 0 spiro atoms. The highest BCUT2D eigenvalue weighted by atomic mass is 16.7. The van der Waals surface area contributed by atoms with Crippen LogP contribution in [0.1, 0.15) is 54.4 Å². The number of carbonyl (C=O) groups excluding carboxylic acids is 2. The lowest BCUT2D eigenvalue weighted by atomic mass is 9.85. The maximum Gasteiger partial charge on any atom is 0.347 e. The first-order valence-electron chi connectivity index (χ1n) is 10.7. The number of aliphatic carboxylic acids is 1. The fourth-order valence-corrected chi connectivity index (χ4v) is 4.99. The van der Waals surface area contributed by atoms with Gasteiger partial charge in [-0.25, -0.2) is 4.79 Å². The van der Waals surface area contributed by atoms with E-state index in [1.807, 2.05) is 36.1 Å². The molecule has 2 aromatic rings. The Morgan fingerprint density at radius 2 is 1.97 bits per heavy atom. The number of likely N-dealkylation sites (tertiary alicyclic amines) is 1. The van der Waals surface area contributed by atoms with Crippen molar-refractivity contribution in [3.63, 3.8) is 0 Å². The smallest absolute Gasteiger partial charge is 0.347 e. The van der Waals surface area contributed by atoms with E-state index in [2.05, 4.69) is 4.84 Å². The number of carboxylic acid groups (broad SMARTS) is 1. The van der Waals surface area contributed by atoms with Crippen LogP contribution in [0, 0.1) is 0 Å². The number of carbonyl (C=O) groups is 3. The van der Waals surface area contributed by atoms with Gasteiger partial charge in [-0.05, 0) is 61.4 Å². The molecule has 0 bridgehead atoms. The van der Waals surface area contributed by atoms with Gasteiger partial charge in [-0.15, -0.1) is 0 Å². The van der Waals surface area contributed by atoms with Crippen molar-refractivity contribution >= 4 is 34.3 Å². The summed E-state index contributed by atoms with van der Waals surface area (Å²) in [5, 5.41) is 10.9. The molecule has 8 heteroatoms. The van der Waals surface area contributed by atoms with Crippen LogP contribution in [-0.2, 0) is 14.4 Å². The lowest BCUT2D eigenvalue weighted by molar-refractivity contribution is -0.146. The van der Waals surface area contributed by atoms with Crippen molar-refractivity contribution < 1.29 is 24.3 Å². The summed E-state index contributed by atoms with van der Waals surface area (Å²) in [5.74, 6) is 3.81. The zero-order chi connectivity index (χ0) is 22.1. The number of benzene rings is 2. The van der Waals surface area contributed by atoms with E-state index in [4.69, 9.17) is 11.0 Å². The number of anilines is 1.